The van der Waals surface area contributed by atoms with Crippen LogP contribution in [0.15, 0.2) is 88.1 Å². The maximum Gasteiger partial charge on any atom is 0.351 e. The highest BCUT2D eigenvalue weighted by Gasteiger charge is 2.14. The number of benzene rings is 5. The Labute approximate surface area is 191 Å². The van der Waals surface area contributed by atoms with Crippen molar-refractivity contribution in [3.63, 3.8) is 0 Å². The van der Waals surface area contributed by atoms with E-state index in [4.69, 9.17) is 14.6 Å². The van der Waals surface area contributed by atoms with Crippen LogP contribution in [-0.4, -0.2) is 27.3 Å². The molecule has 0 atom stereocenters. The second-order valence-corrected chi connectivity index (χ2v) is 7.75. The van der Waals surface area contributed by atoms with Crippen LogP contribution in [0.4, 0.5) is 0 Å². The summed E-state index contributed by atoms with van der Waals surface area (Å²) in [4.78, 5) is 33.1. The first-order valence-electron chi connectivity index (χ1n) is 10.2. The van der Waals surface area contributed by atoms with Gasteiger partial charge >= 0.3 is 17.6 Å². The Morgan fingerprint density at radius 3 is 1.91 bits per heavy atom. The molecule has 6 aromatic rings. The normalized spacial score (nSPS) is 11.1. The van der Waals surface area contributed by atoms with Gasteiger partial charge in [0.15, 0.2) is 0 Å². The maximum atomic E-state index is 11.3. The zero-order valence-electron chi connectivity index (χ0n) is 17.5. The third-order valence-electron chi connectivity index (χ3n) is 5.71. The Morgan fingerprint density at radius 1 is 0.647 bits per heavy atom. The molecule has 6 rings (SSSR count). The lowest BCUT2D eigenvalue weighted by Crippen LogP contribution is -2.12. The molecule has 0 saturated heterocycles. The number of fused-ring (bicyclic) bond motifs is 1. The van der Waals surface area contributed by atoms with Crippen LogP contribution < -0.4 is 5.63 Å². The van der Waals surface area contributed by atoms with Crippen LogP contribution in [0.3, 0.4) is 0 Å². The van der Waals surface area contributed by atoms with Gasteiger partial charge in [0.1, 0.15) is 16.9 Å². The molecule has 0 amide bonds. The number of carboxylic acid groups (broad SMARTS) is 2. The predicted molar refractivity (Wildman–Crippen MR) is 128 cm³/mol. The summed E-state index contributed by atoms with van der Waals surface area (Å²) >= 11 is 0. The van der Waals surface area contributed by atoms with E-state index < -0.39 is 23.1 Å². The van der Waals surface area contributed by atoms with Crippen LogP contribution in [0.5, 0.6) is 5.75 Å². The van der Waals surface area contributed by atoms with Crippen molar-refractivity contribution in [1.82, 2.24) is 0 Å². The number of phenols is 1. The zero-order valence-corrected chi connectivity index (χ0v) is 17.5. The van der Waals surface area contributed by atoms with E-state index in [1.165, 1.54) is 24.3 Å². The van der Waals surface area contributed by atoms with E-state index in [1.54, 1.807) is 6.07 Å². The Balaban J connectivity index is 0.000000146. The molecular formula is C27H16O7. The number of hydrogen-bond acceptors (Lipinski definition) is 5. The molecular weight excluding hydrogens is 436 g/mol. The molecule has 0 saturated carbocycles. The van der Waals surface area contributed by atoms with Gasteiger partial charge in [-0.3, -0.25) is 0 Å². The highest BCUT2D eigenvalue weighted by molar-refractivity contribution is 6.25. The number of aromatic hydroxyl groups is 1. The molecule has 166 valence electrons. The Kier molecular flexibility index (Phi) is 4.87. The minimum Gasteiger partial charge on any atom is -0.508 e. The average Bonchev–Trinajstić information content (AvgIpc) is 2.82. The molecule has 34 heavy (non-hydrogen) atoms. The van der Waals surface area contributed by atoms with Crippen LogP contribution in [0.2, 0.25) is 0 Å². The van der Waals surface area contributed by atoms with Crippen molar-refractivity contribution in [2.24, 2.45) is 0 Å². The van der Waals surface area contributed by atoms with E-state index in [9.17, 15) is 19.5 Å². The number of rotatable bonds is 2. The van der Waals surface area contributed by atoms with Crippen LogP contribution in [-0.2, 0) is 0 Å². The molecule has 7 nitrogen and oxygen atoms in total. The van der Waals surface area contributed by atoms with Gasteiger partial charge in [-0.2, -0.15) is 0 Å². The minimum absolute atomic E-state index is 0.0475. The first-order chi connectivity index (χ1) is 16.3. The van der Waals surface area contributed by atoms with E-state index in [2.05, 4.69) is 24.3 Å². The Bertz CT molecular complexity index is 1780. The van der Waals surface area contributed by atoms with Crippen molar-refractivity contribution < 1.29 is 29.3 Å². The minimum atomic E-state index is -1.33. The number of aromatic carboxylic acids is 2. The fourth-order valence-electron chi connectivity index (χ4n) is 4.17. The van der Waals surface area contributed by atoms with Gasteiger partial charge in [0.2, 0.25) is 0 Å². The van der Waals surface area contributed by atoms with E-state index in [1.807, 2.05) is 24.3 Å². The lowest BCUT2D eigenvalue weighted by atomic mass is 9.92. The largest absolute Gasteiger partial charge is 0.508 e. The highest BCUT2D eigenvalue weighted by atomic mass is 16.4. The molecule has 0 radical (unpaired) electrons. The standard InChI is InChI=1S/C17H10O2.C10H6O5/c18-17(19)14-9-7-12-5-4-10-2-1-3-11-6-8-13(14)16(12)15(10)11;11-6-2-1-5-3-7(9(12)13)10(14)15-8(5)4-6/h1-9H,(H,18,19);1-4,11H,(H,12,13). The first-order valence-corrected chi connectivity index (χ1v) is 10.2. The maximum absolute atomic E-state index is 11.3. The van der Waals surface area contributed by atoms with E-state index in [0.717, 1.165) is 32.3 Å². The molecule has 0 aliphatic heterocycles. The smallest absolute Gasteiger partial charge is 0.351 e. The molecule has 0 aliphatic rings. The molecule has 5 aromatic carbocycles. The van der Waals surface area contributed by atoms with Crippen molar-refractivity contribution in [2.45, 2.75) is 0 Å². The number of carboxylic acids is 2. The van der Waals surface area contributed by atoms with Gasteiger partial charge in [0.05, 0.1) is 5.56 Å². The summed E-state index contributed by atoms with van der Waals surface area (Å²) in [7, 11) is 0. The van der Waals surface area contributed by atoms with E-state index in [-0.39, 0.29) is 11.3 Å². The molecule has 0 bridgehead atoms. The van der Waals surface area contributed by atoms with Crippen molar-refractivity contribution in [2.75, 3.05) is 0 Å². The molecule has 3 N–H and O–H groups in total. The van der Waals surface area contributed by atoms with Gasteiger partial charge in [0.25, 0.3) is 0 Å². The Morgan fingerprint density at radius 2 is 1.24 bits per heavy atom. The van der Waals surface area contributed by atoms with Crippen LogP contribution in [0.1, 0.15) is 20.7 Å². The molecule has 0 aliphatic carbocycles. The van der Waals surface area contributed by atoms with E-state index in [0.29, 0.717) is 10.9 Å². The van der Waals surface area contributed by atoms with Gasteiger partial charge in [-0.05, 0) is 56.6 Å². The third kappa shape index (κ3) is 3.45. The van der Waals surface area contributed by atoms with Crippen molar-refractivity contribution >= 4 is 55.2 Å². The van der Waals surface area contributed by atoms with Crippen LogP contribution in [0, 0.1) is 0 Å². The van der Waals surface area contributed by atoms with Crippen LogP contribution in [0.25, 0.3) is 43.3 Å². The summed E-state index contributed by atoms with van der Waals surface area (Å²) in [5.74, 6) is -2.26. The summed E-state index contributed by atoms with van der Waals surface area (Å²) in [6.07, 6.45) is 0. The quantitative estimate of drug-likeness (QED) is 0.235. The Hall–Kier alpha value is -4.91. The molecule has 1 aromatic heterocycles. The fourth-order valence-corrected chi connectivity index (χ4v) is 4.17. The number of phenolic OH excluding ortho intramolecular Hbond substituents is 1. The highest BCUT2D eigenvalue weighted by Crippen LogP contribution is 2.35. The topological polar surface area (TPSA) is 125 Å². The third-order valence-corrected chi connectivity index (χ3v) is 5.71. The molecule has 1 heterocycles. The average molecular weight is 452 g/mol. The lowest BCUT2D eigenvalue weighted by Gasteiger charge is -2.11. The van der Waals surface area contributed by atoms with E-state index >= 15 is 0 Å². The molecule has 0 fully saturated rings. The molecule has 0 spiro atoms. The first kappa shape index (κ1) is 21.0. The fraction of sp³-hybridized carbons (Fsp3) is 0. The molecule has 0 unspecified atom stereocenters. The predicted octanol–water partition coefficient (Wildman–Crippen LogP) is 5.48. The summed E-state index contributed by atoms with van der Waals surface area (Å²) < 4.78 is 4.74. The van der Waals surface area contributed by atoms with Gasteiger partial charge in [0, 0.05) is 11.5 Å². The zero-order chi connectivity index (χ0) is 24.0. The van der Waals surface area contributed by atoms with Gasteiger partial charge < -0.3 is 19.7 Å². The molecule has 7 heteroatoms. The lowest BCUT2D eigenvalue weighted by molar-refractivity contribution is 0.0684. The van der Waals surface area contributed by atoms with Crippen LogP contribution >= 0.6 is 0 Å². The van der Waals surface area contributed by atoms with Crippen molar-refractivity contribution in [3.8, 4) is 5.75 Å². The summed E-state index contributed by atoms with van der Waals surface area (Å²) in [6, 6.07) is 23.1. The summed E-state index contributed by atoms with van der Waals surface area (Å²) in [5, 5.41) is 34.0. The second kappa shape index (κ2) is 7.90. The van der Waals surface area contributed by atoms with Crippen molar-refractivity contribution in [1.29, 1.82) is 0 Å². The van der Waals surface area contributed by atoms with Crippen molar-refractivity contribution in [3.05, 3.63) is 100 Å². The summed E-state index contributed by atoms with van der Waals surface area (Å²) in [6.45, 7) is 0. The second-order valence-electron chi connectivity index (χ2n) is 7.75. The number of hydrogen-bond donors (Lipinski definition) is 3. The SMILES string of the molecule is O=C(O)c1cc2ccc(O)cc2oc1=O.O=C(O)c1ccc2ccc3cccc4ccc1c2c34. The summed E-state index contributed by atoms with van der Waals surface area (Å²) in [5.41, 5.74) is -0.829. The van der Waals surface area contributed by atoms with Gasteiger partial charge in [-0.25, -0.2) is 14.4 Å². The van der Waals surface area contributed by atoms with Gasteiger partial charge in [-0.1, -0.05) is 48.5 Å². The van der Waals surface area contributed by atoms with Gasteiger partial charge in [-0.15, -0.1) is 0 Å². The monoisotopic (exact) mass is 452 g/mol. The number of carbonyl (C=O) groups is 2.